The van der Waals surface area contributed by atoms with Gasteiger partial charge in [-0.15, -0.1) is 0 Å². The molecule has 0 bridgehead atoms. The van der Waals surface area contributed by atoms with Gasteiger partial charge in [-0.05, 0) is 12.1 Å². The second-order valence-corrected chi connectivity index (χ2v) is 3.49. The van der Waals surface area contributed by atoms with Crippen molar-refractivity contribution in [1.29, 1.82) is 0 Å². The smallest absolute Gasteiger partial charge is 0.143 e. The Hall–Kier alpha value is -1.13. The molecule has 0 saturated carbocycles. The fourth-order valence-corrected chi connectivity index (χ4v) is 1.84. The molecule has 1 aliphatic heterocycles. The van der Waals surface area contributed by atoms with Crippen LogP contribution in [0.2, 0.25) is 0 Å². The number of piperazine rings is 1. The first-order valence-corrected chi connectivity index (χ1v) is 4.95. The van der Waals surface area contributed by atoms with Gasteiger partial charge >= 0.3 is 0 Å². The lowest BCUT2D eigenvalue weighted by Gasteiger charge is -2.31. The number of H-pyrrole nitrogens is 1. The van der Waals surface area contributed by atoms with Gasteiger partial charge in [-0.1, -0.05) is 0 Å². The van der Waals surface area contributed by atoms with Crippen molar-refractivity contribution in [1.82, 2.24) is 15.2 Å². The zero-order chi connectivity index (χ0) is 9.80. The largest absolute Gasteiger partial charge is 0.363 e. The minimum atomic E-state index is -0.105. The van der Waals surface area contributed by atoms with E-state index in [2.05, 4.69) is 15.2 Å². The molecular weight excluding hydrogens is 178 g/mol. The molecule has 0 radical (unpaired) electrons. The number of nitrogens with one attached hydrogen (secondary N) is 2. The Kier molecular flexibility index (Phi) is 2.96. The van der Waals surface area contributed by atoms with Gasteiger partial charge in [0.2, 0.25) is 0 Å². The molecule has 1 atom stereocenters. The van der Waals surface area contributed by atoms with Crippen LogP contribution in [-0.4, -0.2) is 42.3 Å². The minimum absolute atomic E-state index is 0.105. The Balaban J connectivity index is 2.08. The molecule has 2 heterocycles. The molecular formula is C10H15N3O. The highest BCUT2D eigenvalue weighted by molar-refractivity contribution is 5.60. The van der Waals surface area contributed by atoms with Crippen LogP contribution in [0.25, 0.3) is 0 Å². The van der Waals surface area contributed by atoms with E-state index in [1.165, 1.54) is 0 Å². The number of hydrogen-bond acceptors (Lipinski definition) is 3. The zero-order valence-corrected chi connectivity index (χ0v) is 8.07. The number of aldehydes is 1. The summed E-state index contributed by atoms with van der Waals surface area (Å²) in [6, 6.07) is 3.78. The highest BCUT2D eigenvalue weighted by atomic mass is 16.1. The van der Waals surface area contributed by atoms with Crippen LogP contribution in [0.4, 0.5) is 0 Å². The van der Waals surface area contributed by atoms with Crippen LogP contribution in [0.5, 0.6) is 0 Å². The van der Waals surface area contributed by atoms with E-state index in [1.807, 2.05) is 18.3 Å². The zero-order valence-electron chi connectivity index (χ0n) is 8.07. The molecule has 1 unspecified atom stereocenters. The quantitative estimate of drug-likeness (QED) is 0.672. The molecule has 14 heavy (non-hydrogen) atoms. The van der Waals surface area contributed by atoms with Crippen LogP contribution in [0, 0.1) is 0 Å². The van der Waals surface area contributed by atoms with Crippen LogP contribution in [-0.2, 0) is 4.79 Å². The van der Waals surface area contributed by atoms with Gasteiger partial charge in [-0.25, -0.2) is 0 Å². The van der Waals surface area contributed by atoms with E-state index in [0.717, 1.165) is 38.2 Å². The molecule has 1 aromatic heterocycles. The van der Waals surface area contributed by atoms with Crippen molar-refractivity contribution in [2.24, 2.45) is 0 Å². The van der Waals surface area contributed by atoms with Crippen molar-refractivity contribution in [3.8, 4) is 0 Å². The summed E-state index contributed by atoms with van der Waals surface area (Å²) in [5, 5.41) is 3.27. The second kappa shape index (κ2) is 4.39. The molecule has 1 aromatic rings. The summed E-state index contributed by atoms with van der Waals surface area (Å²) in [6.07, 6.45) is 2.87. The van der Waals surface area contributed by atoms with E-state index in [4.69, 9.17) is 0 Å². The first kappa shape index (κ1) is 9.43. The Labute approximate surface area is 83.3 Å². The maximum absolute atomic E-state index is 11.0. The molecule has 0 aromatic carbocycles. The van der Waals surface area contributed by atoms with Crippen LogP contribution < -0.4 is 5.32 Å². The Morgan fingerprint density at radius 2 is 2.21 bits per heavy atom. The van der Waals surface area contributed by atoms with Crippen molar-refractivity contribution >= 4 is 6.29 Å². The molecule has 2 rings (SSSR count). The first-order chi connectivity index (χ1) is 6.92. The molecule has 1 aliphatic rings. The molecule has 4 nitrogen and oxygen atoms in total. The molecule has 1 saturated heterocycles. The van der Waals surface area contributed by atoms with Gasteiger partial charge in [0.15, 0.2) is 0 Å². The standard InChI is InChI=1S/C10H15N3O/c14-8-10(9-2-1-3-12-9)13-6-4-11-5-7-13/h1-3,8,10-12H,4-7H2. The summed E-state index contributed by atoms with van der Waals surface area (Å²) in [5.41, 5.74) is 0.988. The maximum atomic E-state index is 11.0. The van der Waals surface area contributed by atoms with Gasteiger partial charge in [0.1, 0.15) is 12.3 Å². The van der Waals surface area contributed by atoms with Gasteiger partial charge in [0.05, 0.1) is 0 Å². The van der Waals surface area contributed by atoms with Crippen LogP contribution in [0.1, 0.15) is 11.7 Å². The second-order valence-electron chi connectivity index (χ2n) is 3.49. The first-order valence-electron chi connectivity index (χ1n) is 4.95. The number of carbonyl (C=O) groups is 1. The summed E-state index contributed by atoms with van der Waals surface area (Å²) in [6.45, 7) is 3.79. The summed E-state index contributed by atoms with van der Waals surface area (Å²) >= 11 is 0. The minimum Gasteiger partial charge on any atom is -0.363 e. The third-order valence-electron chi connectivity index (χ3n) is 2.61. The van der Waals surface area contributed by atoms with E-state index >= 15 is 0 Å². The molecule has 0 amide bonds. The summed E-state index contributed by atoms with van der Waals surface area (Å²) < 4.78 is 0. The fraction of sp³-hybridized carbons (Fsp3) is 0.500. The van der Waals surface area contributed by atoms with Gasteiger partial charge < -0.3 is 15.1 Å². The normalized spacial score (nSPS) is 20.6. The summed E-state index contributed by atoms with van der Waals surface area (Å²) in [7, 11) is 0. The highest BCUT2D eigenvalue weighted by Crippen LogP contribution is 2.16. The van der Waals surface area contributed by atoms with E-state index in [0.29, 0.717) is 0 Å². The lowest BCUT2D eigenvalue weighted by Crippen LogP contribution is -2.45. The number of aromatic amines is 1. The number of hydrogen-bond donors (Lipinski definition) is 2. The van der Waals surface area contributed by atoms with Crippen molar-refractivity contribution in [3.63, 3.8) is 0 Å². The van der Waals surface area contributed by atoms with Crippen molar-refractivity contribution < 1.29 is 4.79 Å². The van der Waals surface area contributed by atoms with Crippen molar-refractivity contribution in [2.75, 3.05) is 26.2 Å². The van der Waals surface area contributed by atoms with Crippen molar-refractivity contribution in [3.05, 3.63) is 24.0 Å². The van der Waals surface area contributed by atoms with E-state index < -0.39 is 0 Å². The Morgan fingerprint density at radius 1 is 1.43 bits per heavy atom. The van der Waals surface area contributed by atoms with Crippen LogP contribution in [0.15, 0.2) is 18.3 Å². The third-order valence-corrected chi connectivity index (χ3v) is 2.61. The predicted molar refractivity (Wildman–Crippen MR) is 54.0 cm³/mol. The topological polar surface area (TPSA) is 48.1 Å². The summed E-state index contributed by atoms with van der Waals surface area (Å²) in [4.78, 5) is 16.3. The highest BCUT2D eigenvalue weighted by Gasteiger charge is 2.21. The van der Waals surface area contributed by atoms with Gasteiger partial charge in [0, 0.05) is 38.1 Å². The molecule has 4 heteroatoms. The predicted octanol–water partition coefficient (Wildman–Crippen LogP) is 0.160. The summed E-state index contributed by atoms with van der Waals surface area (Å²) in [5.74, 6) is 0. The lowest BCUT2D eigenvalue weighted by molar-refractivity contribution is -0.113. The number of aromatic nitrogens is 1. The molecule has 0 aliphatic carbocycles. The van der Waals surface area contributed by atoms with Crippen LogP contribution >= 0.6 is 0 Å². The molecule has 0 spiro atoms. The lowest BCUT2D eigenvalue weighted by atomic mass is 10.2. The number of carbonyl (C=O) groups excluding carboxylic acids is 1. The van der Waals surface area contributed by atoms with Crippen LogP contribution in [0.3, 0.4) is 0 Å². The van der Waals surface area contributed by atoms with Crippen molar-refractivity contribution in [2.45, 2.75) is 6.04 Å². The Bertz CT molecular complexity index is 278. The molecule has 2 N–H and O–H groups in total. The molecule has 76 valence electrons. The maximum Gasteiger partial charge on any atom is 0.143 e. The Morgan fingerprint density at radius 3 is 2.79 bits per heavy atom. The number of rotatable bonds is 3. The van der Waals surface area contributed by atoms with Gasteiger partial charge in [-0.3, -0.25) is 4.90 Å². The third kappa shape index (κ3) is 1.86. The van der Waals surface area contributed by atoms with E-state index in [9.17, 15) is 4.79 Å². The average Bonchev–Trinajstić information content (AvgIpc) is 2.74. The van der Waals surface area contributed by atoms with Gasteiger partial charge in [-0.2, -0.15) is 0 Å². The SMILES string of the molecule is O=CC(c1ccc[nH]1)N1CCNCC1. The number of nitrogens with zero attached hydrogens (tertiary/aromatic N) is 1. The van der Waals surface area contributed by atoms with Gasteiger partial charge in [0.25, 0.3) is 0 Å². The monoisotopic (exact) mass is 193 g/mol. The average molecular weight is 193 g/mol. The van der Waals surface area contributed by atoms with E-state index in [-0.39, 0.29) is 6.04 Å². The van der Waals surface area contributed by atoms with E-state index in [1.54, 1.807) is 0 Å². The molecule has 1 fully saturated rings. The fourth-order valence-electron chi connectivity index (χ4n) is 1.84.